The van der Waals surface area contributed by atoms with Crippen molar-refractivity contribution in [3.63, 3.8) is 0 Å². The topological polar surface area (TPSA) is 17.8 Å². The number of hydrogen-bond donors (Lipinski definition) is 0. The highest BCUT2D eigenvalue weighted by Crippen LogP contribution is 2.44. The molecule has 1 saturated carbocycles. The first-order valence-corrected chi connectivity index (χ1v) is 9.33. The summed E-state index contributed by atoms with van der Waals surface area (Å²) in [5.74, 6) is 1.00. The van der Waals surface area contributed by atoms with Crippen LogP contribution in [0.4, 0.5) is 0 Å². The number of alkyl halides is 1. The maximum atomic E-state index is 4.28. The second kappa shape index (κ2) is 7.63. The molecule has 0 aliphatic heterocycles. The van der Waals surface area contributed by atoms with E-state index in [2.05, 4.69) is 34.1 Å². The Morgan fingerprint density at radius 2 is 2.15 bits per heavy atom. The van der Waals surface area contributed by atoms with Gasteiger partial charge in [-0.25, -0.2) is 0 Å². The summed E-state index contributed by atoms with van der Waals surface area (Å²) in [5.41, 5.74) is 1.93. The minimum Gasteiger partial charge on any atom is -0.276 e. The second-order valence-electron chi connectivity index (χ2n) is 6.74. The first kappa shape index (κ1) is 16.1. The molecular weight excluding hydrogens is 312 g/mol. The van der Waals surface area contributed by atoms with Crippen LogP contribution >= 0.6 is 15.9 Å². The SMILES string of the molecule is CCCCC1CCC(CBr)(CCc2cnn(C)c2)CC1. The second-order valence-corrected chi connectivity index (χ2v) is 7.30. The smallest absolute Gasteiger partial charge is 0.0521 e. The molecule has 0 N–H and O–H groups in total. The molecule has 1 aromatic rings. The highest BCUT2D eigenvalue weighted by molar-refractivity contribution is 9.09. The van der Waals surface area contributed by atoms with E-state index in [4.69, 9.17) is 0 Å². The van der Waals surface area contributed by atoms with Gasteiger partial charge in [0.2, 0.25) is 0 Å². The van der Waals surface area contributed by atoms with E-state index in [0.29, 0.717) is 5.41 Å². The van der Waals surface area contributed by atoms with Crippen molar-refractivity contribution in [2.24, 2.45) is 18.4 Å². The Kier molecular flexibility index (Phi) is 6.13. The van der Waals surface area contributed by atoms with Gasteiger partial charge in [0.25, 0.3) is 0 Å². The molecule has 0 unspecified atom stereocenters. The van der Waals surface area contributed by atoms with Crippen LogP contribution in [0, 0.1) is 11.3 Å². The van der Waals surface area contributed by atoms with Crippen molar-refractivity contribution < 1.29 is 0 Å². The van der Waals surface area contributed by atoms with Crippen molar-refractivity contribution in [2.75, 3.05) is 5.33 Å². The molecule has 0 bridgehead atoms. The van der Waals surface area contributed by atoms with Crippen molar-refractivity contribution >= 4 is 15.9 Å². The first-order valence-electron chi connectivity index (χ1n) is 8.21. The number of nitrogens with zero attached hydrogens (tertiary/aromatic N) is 2. The number of rotatable bonds is 7. The molecule has 1 aliphatic carbocycles. The van der Waals surface area contributed by atoms with Crippen molar-refractivity contribution in [3.05, 3.63) is 18.0 Å². The summed E-state index contributed by atoms with van der Waals surface area (Å²) in [6.45, 7) is 2.31. The third kappa shape index (κ3) is 4.34. The van der Waals surface area contributed by atoms with Crippen LogP contribution in [0.1, 0.15) is 63.9 Å². The van der Waals surface area contributed by atoms with E-state index < -0.39 is 0 Å². The maximum absolute atomic E-state index is 4.28. The van der Waals surface area contributed by atoms with Gasteiger partial charge < -0.3 is 0 Å². The van der Waals surface area contributed by atoms with E-state index in [0.717, 1.165) is 5.92 Å². The van der Waals surface area contributed by atoms with E-state index in [-0.39, 0.29) is 0 Å². The largest absolute Gasteiger partial charge is 0.276 e. The fraction of sp³-hybridized carbons (Fsp3) is 0.824. The van der Waals surface area contributed by atoms with Gasteiger partial charge >= 0.3 is 0 Å². The van der Waals surface area contributed by atoms with Crippen LogP contribution in [0.15, 0.2) is 12.4 Å². The molecule has 0 spiro atoms. The molecule has 0 saturated heterocycles. The van der Waals surface area contributed by atoms with Gasteiger partial charge in [0.05, 0.1) is 6.20 Å². The minimum atomic E-state index is 0.540. The lowest BCUT2D eigenvalue weighted by Gasteiger charge is -2.39. The summed E-state index contributed by atoms with van der Waals surface area (Å²) in [5, 5.41) is 5.45. The van der Waals surface area contributed by atoms with Gasteiger partial charge in [0.15, 0.2) is 0 Å². The zero-order valence-electron chi connectivity index (χ0n) is 13.1. The van der Waals surface area contributed by atoms with Gasteiger partial charge in [-0.2, -0.15) is 5.10 Å². The minimum absolute atomic E-state index is 0.540. The molecule has 0 aromatic carbocycles. The van der Waals surface area contributed by atoms with Gasteiger partial charge in [-0.3, -0.25) is 4.68 Å². The zero-order valence-corrected chi connectivity index (χ0v) is 14.7. The molecule has 1 heterocycles. The molecule has 0 amide bonds. The van der Waals surface area contributed by atoms with E-state index >= 15 is 0 Å². The lowest BCUT2D eigenvalue weighted by atomic mass is 9.68. The number of hydrogen-bond acceptors (Lipinski definition) is 1. The fourth-order valence-electron chi connectivity index (χ4n) is 3.53. The van der Waals surface area contributed by atoms with Crippen molar-refractivity contribution in [2.45, 2.75) is 64.7 Å². The first-order chi connectivity index (χ1) is 9.67. The normalized spacial score (nSPS) is 26.9. The van der Waals surface area contributed by atoms with Crippen LogP contribution < -0.4 is 0 Å². The maximum Gasteiger partial charge on any atom is 0.0521 e. The molecular formula is C17H29BrN2. The summed E-state index contributed by atoms with van der Waals surface area (Å²) < 4.78 is 1.91. The number of unbranched alkanes of at least 4 members (excludes halogenated alkanes) is 1. The van der Waals surface area contributed by atoms with Crippen LogP contribution in [0.3, 0.4) is 0 Å². The van der Waals surface area contributed by atoms with Gasteiger partial charge in [0, 0.05) is 18.6 Å². The summed E-state index contributed by atoms with van der Waals surface area (Å²) in [6.07, 6.45) is 16.6. The predicted octanol–water partition coefficient (Wildman–Crippen LogP) is 5.11. The lowest BCUT2D eigenvalue weighted by Crippen LogP contribution is -2.29. The van der Waals surface area contributed by atoms with E-state index in [9.17, 15) is 0 Å². The summed E-state index contributed by atoms with van der Waals surface area (Å²) in [6, 6.07) is 0. The van der Waals surface area contributed by atoms with Gasteiger partial charge in [0.1, 0.15) is 0 Å². The van der Waals surface area contributed by atoms with Crippen LogP contribution in [0.2, 0.25) is 0 Å². The molecule has 114 valence electrons. The third-order valence-electron chi connectivity index (χ3n) is 5.12. The van der Waals surface area contributed by atoms with E-state index in [1.54, 1.807) is 0 Å². The Labute approximate surface area is 132 Å². The standard InChI is InChI=1S/C17H29BrN2/c1-3-4-5-15-6-9-17(14-18,10-7-15)11-8-16-12-19-20(2)13-16/h12-13,15H,3-11,14H2,1-2H3. The van der Waals surface area contributed by atoms with Crippen LogP contribution in [-0.4, -0.2) is 15.1 Å². The Bertz CT molecular complexity index is 391. The molecule has 1 fully saturated rings. The molecule has 1 aliphatic rings. The molecule has 2 nitrogen and oxygen atoms in total. The van der Waals surface area contributed by atoms with E-state index in [1.165, 1.54) is 68.7 Å². The average molecular weight is 341 g/mol. The van der Waals surface area contributed by atoms with Crippen molar-refractivity contribution in [1.82, 2.24) is 9.78 Å². The van der Waals surface area contributed by atoms with Crippen LogP contribution in [-0.2, 0) is 13.5 Å². The quantitative estimate of drug-likeness (QED) is 0.630. The number of halogens is 1. The van der Waals surface area contributed by atoms with Crippen molar-refractivity contribution in [3.8, 4) is 0 Å². The number of aryl methyl sites for hydroxylation is 2. The molecule has 3 heteroatoms. The highest BCUT2D eigenvalue weighted by atomic mass is 79.9. The van der Waals surface area contributed by atoms with Crippen LogP contribution in [0.25, 0.3) is 0 Å². The van der Waals surface area contributed by atoms with Crippen LogP contribution in [0.5, 0.6) is 0 Å². The van der Waals surface area contributed by atoms with Gasteiger partial charge in [-0.15, -0.1) is 0 Å². The molecule has 20 heavy (non-hydrogen) atoms. The zero-order chi connectivity index (χ0) is 14.4. The monoisotopic (exact) mass is 340 g/mol. The molecule has 0 radical (unpaired) electrons. The summed E-state index contributed by atoms with van der Waals surface area (Å²) >= 11 is 3.80. The number of aromatic nitrogens is 2. The Morgan fingerprint density at radius 3 is 2.70 bits per heavy atom. The lowest BCUT2D eigenvalue weighted by molar-refractivity contribution is 0.158. The Hall–Kier alpha value is -0.310. The predicted molar refractivity (Wildman–Crippen MR) is 89.2 cm³/mol. The average Bonchev–Trinajstić information content (AvgIpc) is 2.90. The Balaban J connectivity index is 1.82. The van der Waals surface area contributed by atoms with E-state index in [1.807, 2.05) is 17.9 Å². The highest BCUT2D eigenvalue weighted by Gasteiger charge is 2.33. The summed E-state index contributed by atoms with van der Waals surface area (Å²) in [4.78, 5) is 0. The van der Waals surface area contributed by atoms with Gasteiger partial charge in [-0.05, 0) is 55.4 Å². The Morgan fingerprint density at radius 1 is 1.40 bits per heavy atom. The molecule has 2 rings (SSSR count). The fourth-order valence-corrected chi connectivity index (χ4v) is 4.37. The molecule has 1 aromatic heterocycles. The summed E-state index contributed by atoms with van der Waals surface area (Å²) in [7, 11) is 2.00. The third-order valence-corrected chi connectivity index (χ3v) is 6.31. The van der Waals surface area contributed by atoms with Crippen molar-refractivity contribution in [1.29, 1.82) is 0 Å². The van der Waals surface area contributed by atoms with Gasteiger partial charge in [-0.1, -0.05) is 42.1 Å². The molecule has 0 atom stereocenters.